The van der Waals surface area contributed by atoms with E-state index >= 15 is 0 Å². The maximum Gasteiger partial charge on any atom is 0.239 e. The van der Waals surface area contributed by atoms with Crippen LogP contribution in [0.15, 0.2) is 40.1 Å². The van der Waals surface area contributed by atoms with E-state index in [4.69, 9.17) is 16.0 Å². The maximum absolute atomic E-state index is 11.9. The first-order valence-electron chi connectivity index (χ1n) is 7.51. The predicted molar refractivity (Wildman–Crippen MR) is 109 cm³/mol. The lowest BCUT2D eigenvalue weighted by molar-refractivity contribution is -0.120. The van der Waals surface area contributed by atoms with Gasteiger partial charge in [-0.2, -0.15) is 0 Å². The van der Waals surface area contributed by atoms with E-state index in [1.165, 1.54) is 0 Å². The molecule has 0 aliphatic rings. The van der Waals surface area contributed by atoms with Crippen LogP contribution in [0, 0.1) is 0 Å². The summed E-state index contributed by atoms with van der Waals surface area (Å²) in [6.07, 6.45) is 3.43. The van der Waals surface area contributed by atoms with Crippen molar-refractivity contribution >= 4 is 47.4 Å². The van der Waals surface area contributed by atoms with Gasteiger partial charge in [-0.15, -0.1) is 24.0 Å². The molecule has 2 aromatic rings. The minimum atomic E-state index is -0.136. The highest BCUT2D eigenvalue weighted by atomic mass is 127. The second-order valence-corrected chi connectivity index (χ2v) is 5.81. The third kappa shape index (κ3) is 6.62. The minimum absolute atomic E-state index is 0. The third-order valence-electron chi connectivity index (χ3n) is 3.49. The number of amides is 1. The number of hydrogen-bond acceptors (Lipinski definition) is 3. The molecule has 2 N–H and O–H groups in total. The van der Waals surface area contributed by atoms with Gasteiger partial charge >= 0.3 is 0 Å². The van der Waals surface area contributed by atoms with Crippen molar-refractivity contribution in [1.82, 2.24) is 20.1 Å². The zero-order chi connectivity index (χ0) is 17.5. The van der Waals surface area contributed by atoms with E-state index < -0.39 is 0 Å². The topological polar surface area (TPSA) is 74.8 Å². The van der Waals surface area contributed by atoms with Crippen LogP contribution in [0.4, 0.5) is 0 Å². The van der Waals surface area contributed by atoms with Gasteiger partial charge in [-0.3, -0.25) is 9.79 Å². The SMILES string of the molecule is CN=C(NCC(=O)NCc1ccco1)N(C)Cc1cc(Cl)cn1C.I. The van der Waals surface area contributed by atoms with E-state index in [-0.39, 0.29) is 36.4 Å². The minimum Gasteiger partial charge on any atom is -0.467 e. The Bertz CT molecular complexity index is 699. The molecule has 2 rings (SSSR count). The van der Waals surface area contributed by atoms with Gasteiger partial charge in [-0.1, -0.05) is 11.6 Å². The lowest BCUT2D eigenvalue weighted by atomic mass is 10.4. The van der Waals surface area contributed by atoms with Crippen LogP contribution in [0.5, 0.6) is 0 Å². The van der Waals surface area contributed by atoms with Gasteiger partial charge in [-0.05, 0) is 18.2 Å². The second-order valence-electron chi connectivity index (χ2n) is 5.37. The van der Waals surface area contributed by atoms with Crippen molar-refractivity contribution in [2.24, 2.45) is 12.0 Å². The molecule has 2 aromatic heterocycles. The first-order valence-corrected chi connectivity index (χ1v) is 7.89. The van der Waals surface area contributed by atoms with Crippen molar-refractivity contribution in [2.45, 2.75) is 13.1 Å². The number of aryl methyl sites for hydroxylation is 1. The van der Waals surface area contributed by atoms with Crippen LogP contribution < -0.4 is 10.6 Å². The van der Waals surface area contributed by atoms with Crippen LogP contribution in [-0.4, -0.2) is 42.0 Å². The summed E-state index contributed by atoms with van der Waals surface area (Å²) in [6.45, 7) is 1.12. The molecule has 0 saturated carbocycles. The van der Waals surface area contributed by atoms with E-state index in [0.29, 0.717) is 29.8 Å². The Hall–Kier alpha value is -1.68. The van der Waals surface area contributed by atoms with Gasteiger partial charge in [0.25, 0.3) is 0 Å². The summed E-state index contributed by atoms with van der Waals surface area (Å²) in [4.78, 5) is 18.0. The van der Waals surface area contributed by atoms with Gasteiger partial charge in [-0.25, -0.2) is 0 Å². The van der Waals surface area contributed by atoms with Crippen molar-refractivity contribution in [2.75, 3.05) is 20.6 Å². The number of halogens is 2. The molecule has 1 amide bonds. The summed E-state index contributed by atoms with van der Waals surface area (Å²) in [5.74, 6) is 1.20. The van der Waals surface area contributed by atoms with Crippen LogP contribution in [-0.2, 0) is 24.9 Å². The monoisotopic (exact) mass is 479 g/mol. The number of nitrogens with zero attached hydrogens (tertiary/aromatic N) is 3. The van der Waals surface area contributed by atoms with Gasteiger partial charge in [0.05, 0.1) is 30.9 Å². The molecule has 0 aromatic carbocycles. The fraction of sp³-hybridized carbons (Fsp3) is 0.375. The number of hydrogen-bond donors (Lipinski definition) is 2. The van der Waals surface area contributed by atoms with E-state index in [0.717, 1.165) is 5.69 Å². The Morgan fingerprint density at radius 3 is 2.76 bits per heavy atom. The Balaban J connectivity index is 0.00000312. The number of carbonyl (C=O) groups excluding carboxylic acids is 1. The Kier molecular flexibility index (Phi) is 8.84. The van der Waals surface area contributed by atoms with Gasteiger partial charge in [0, 0.05) is 33.0 Å². The number of aliphatic imine (C=N–C) groups is 1. The lowest BCUT2D eigenvalue weighted by Gasteiger charge is -2.22. The number of carbonyl (C=O) groups is 1. The van der Waals surface area contributed by atoms with Gasteiger partial charge in [0.1, 0.15) is 5.76 Å². The summed E-state index contributed by atoms with van der Waals surface area (Å²) in [6, 6.07) is 5.50. The first kappa shape index (κ1) is 21.4. The van der Waals surface area contributed by atoms with Gasteiger partial charge in [0.2, 0.25) is 5.91 Å². The quantitative estimate of drug-likeness (QED) is 0.378. The molecule has 9 heteroatoms. The molecule has 0 atom stereocenters. The zero-order valence-corrected chi connectivity index (χ0v) is 17.5. The summed E-state index contributed by atoms with van der Waals surface area (Å²) in [7, 11) is 5.52. The van der Waals surface area contributed by atoms with E-state index in [2.05, 4.69) is 15.6 Å². The van der Waals surface area contributed by atoms with Gasteiger partial charge in [0.15, 0.2) is 5.96 Å². The van der Waals surface area contributed by atoms with Crippen molar-refractivity contribution in [3.05, 3.63) is 47.1 Å². The largest absolute Gasteiger partial charge is 0.467 e. The molecule has 0 aliphatic heterocycles. The molecule has 0 spiro atoms. The molecule has 25 heavy (non-hydrogen) atoms. The molecular weight excluding hydrogens is 457 g/mol. The van der Waals surface area contributed by atoms with Crippen LogP contribution >= 0.6 is 35.6 Å². The highest BCUT2D eigenvalue weighted by molar-refractivity contribution is 14.0. The summed E-state index contributed by atoms with van der Waals surface area (Å²) in [5.41, 5.74) is 1.05. The standard InChI is InChI=1S/C16H22ClN5O2.HI/c1-18-16(22(3)11-13-7-12(17)10-21(13)2)20-9-15(23)19-8-14-5-4-6-24-14;/h4-7,10H,8-9,11H2,1-3H3,(H,18,20)(H,19,23);1H. The molecule has 0 saturated heterocycles. The Labute approximate surface area is 169 Å². The van der Waals surface area contributed by atoms with Crippen LogP contribution in [0.2, 0.25) is 5.02 Å². The van der Waals surface area contributed by atoms with Crippen LogP contribution in [0.3, 0.4) is 0 Å². The van der Waals surface area contributed by atoms with Crippen molar-refractivity contribution in [3.63, 3.8) is 0 Å². The molecular formula is C16H23ClIN5O2. The van der Waals surface area contributed by atoms with Crippen LogP contribution in [0.25, 0.3) is 0 Å². The number of nitrogens with one attached hydrogen (secondary N) is 2. The summed E-state index contributed by atoms with van der Waals surface area (Å²) >= 11 is 6.00. The average molecular weight is 480 g/mol. The second kappa shape index (κ2) is 10.3. The highest BCUT2D eigenvalue weighted by Crippen LogP contribution is 2.14. The normalized spacial score (nSPS) is 11.0. The van der Waals surface area contributed by atoms with E-state index in [9.17, 15) is 4.79 Å². The third-order valence-corrected chi connectivity index (χ3v) is 3.70. The molecule has 0 unspecified atom stereocenters. The Morgan fingerprint density at radius 2 is 2.20 bits per heavy atom. The molecule has 2 heterocycles. The first-order chi connectivity index (χ1) is 11.5. The molecule has 0 bridgehead atoms. The number of guanidine groups is 1. The average Bonchev–Trinajstić information content (AvgIpc) is 3.16. The van der Waals surface area contributed by atoms with Crippen molar-refractivity contribution in [3.8, 4) is 0 Å². The molecule has 0 aliphatic carbocycles. The maximum atomic E-state index is 11.9. The van der Waals surface area contributed by atoms with Crippen molar-refractivity contribution in [1.29, 1.82) is 0 Å². The van der Waals surface area contributed by atoms with Gasteiger partial charge < -0.3 is 24.5 Å². The fourth-order valence-corrected chi connectivity index (χ4v) is 2.52. The number of aromatic nitrogens is 1. The fourth-order valence-electron chi connectivity index (χ4n) is 2.25. The Morgan fingerprint density at radius 1 is 1.44 bits per heavy atom. The van der Waals surface area contributed by atoms with Crippen molar-refractivity contribution < 1.29 is 9.21 Å². The summed E-state index contributed by atoms with van der Waals surface area (Å²) < 4.78 is 7.13. The number of rotatable bonds is 6. The molecule has 0 fully saturated rings. The highest BCUT2D eigenvalue weighted by Gasteiger charge is 2.11. The molecule has 138 valence electrons. The smallest absolute Gasteiger partial charge is 0.239 e. The predicted octanol–water partition coefficient (Wildman–Crippen LogP) is 2.21. The van der Waals surface area contributed by atoms with Crippen LogP contribution in [0.1, 0.15) is 11.5 Å². The number of furan rings is 1. The zero-order valence-electron chi connectivity index (χ0n) is 14.5. The summed E-state index contributed by atoms with van der Waals surface area (Å²) in [5, 5.41) is 6.51. The lowest BCUT2D eigenvalue weighted by Crippen LogP contribution is -2.43. The van der Waals surface area contributed by atoms with E-state index in [1.54, 1.807) is 19.4 Å². The molecule has 7 nitrogen and oxygen atoms in total. The molecule has 0 radical (unpaired) electrons. The van der Waals surface area contributed by atoms with E-state index in [1.807, 2.05) is 41.9 Å².